The fourth-order valence-electron chi connectivity index (χ4n) is 15.9. The van der Waals surface area contributed by atoms with E-state index in [1.165, 1.54) is 27.5 Å². The van der Waals surface area contributed by atoms with Crippen LogP contribution < -0.4 is 26.2 Å². The van der Waals surface area contributed by atoms with Crippen LogP contribution in [-0.4, -0.2) is 11.3 Å². The van der Waals surface area contributed by atoms with Crippen LogP contribution >= 0.6 is 0 Å². The summed E-state index contributed by atoms with van der Waals surface area (Å²) in [6.45, 7) is 20.1. The third-order valence-corrected chi connectivity index (χ3v) is 21.1. The van der Waals surface area contributed by atoms with Crippen LogP contribution in [0.3, 0.4) is 0 Å². The Labute approximate surface area is 600 Å². The van der Waals surface area contributed by atoms with Crippen LogP contribution in [0, 0.1) is 0 Å². The minimum absolute atomic E-state index is 0.115. The molecule has 101 heavy (non-hydrogen) atoms. The first-order valence-electron chi connectivity index (χ1n) is 37.7. The average Bonchev–Trinajstić information content (AvgIpc) is 0.689. The lowest BCUT2D eigenvalue weighted by Gasteiger charge is -2.45. The van der Waals surface area contributed by atoms with Gasteiger partial charge in [0, 0.05) is 66.8 Å². The number of hydrogen-bond donors (Lipinski definition) is 0. The lowest BCUT2D eigenvalue weighted by atomic mass is 9.33. The van der Waals surface area contributed by atoms with E-state index < -0.39 is 12.8 Å². The minimum Gasteiger partial charge on any atom is -0.456 e. The Morgan fingerprint density at radius 2 is 0.851 bits per heavy atom. The predicted octanol–water partition coefficient (Wildman–Crippen LogP) is 24.7. The van der Waals surface area contributed by atoms with Crippen LogP contribution in [0.2, 0.25) is 0 Å². The molecule has 5 heteroatoms. The second-order valence-corrected chi connectivity index (χ2v) is 30.5. The van der Waals surface area contributed by atoms with E-state index in [4.69, 9.17) is 8.53 Å². The molecule has 0 saturated heterocycles. The molecule has 486 valence electrons. The van der Waals surface area contributed by atoms with Crippen molar-refractivity contribution in [1.29, 1.82) is 0 Å². The third-order valence-electron chi connectivity index (χ3n) is 21.1. The molecule has 0 radical (unpaired) electrons. The highest BCUT2D eigenvalue weighted by molar-refractivity contribution is 7.00. The zero-order valence-electron chi connectivity index (χ0n) is 63.4. The fourth-order valence-corrected chi connectivity index (χ4v) is 15.9. The lowest BCUT2D eigenvalue weighted by Crippen LogP contribution is -2.61. The standard InChI is InChI=1S/C96H78BN3O/c1-94(2,3)70-43-48-83-79(56-70)80-57-71(95(4,5)6)44-49-84(80)98(83)73-45-46-81-86(60-73)100(93-77(64-34-21-13-22-35-64)58-72(96(7,8)9)59-78(93)65-36-23-14-24-37-65)88-55-69(75-39-27-41-90-91(75)76-38-25-26-40-89(76)101-90)54-87-92(88)97(81)82-53-66(61-28-15-10-16-29-61)42-47-85(82)99(87)74-51-67(62-30-17-11-18-31-62)50-68(52-74)63-32-19-12-20-33-63/h10-60H,1-9H3/i10D,15D,16D,28D,29D. The van der Waals surface area contributed by atoms with Crippen molar-refractivity contribution in [2.75, 3.05) is 9.80 Å². The van der Waals surface area contributed by atoms with E-state index in [1.807, 2.05) is 12.1 Å². The Balaban J connectivity index is 1.04. The van der Waals surface area contributed by atoms with Crippen LogP contribution in [-0.2, 0) is 16.2 Å². The number of benzene rings is 14. The Kier molecular flexibility index (Phi) is 13.1. The van der Waals surface area contributed by atoms with Crippen LogP contribution in [0.25, 0.3) is 116 Å². The molecule has 0 amide bonds. The van der Waals surface area contributed by atoms with Gasteiger partial charge < -0.3 is 18.8 Å². The molecule has 4 heterocycles. The topological polar surface area (TPSA) is 24.6 Å². The van der Waals surface area contributed by atoms with Crippen molar-refractivity contribution in [1.82, 2.24) is 4.57 Å². The first-order valence-corrected chi connectivity index (χ1v) is 35.2. The summed E-state index contributed by atoms with van der Waals surface area (Å²) in [6.07, 6.45) is 0. The number of fused-ring (bicyclic) bond motifs is 10. The van der Waals surface area contributed by atoms with E-state index in [1.54, 1.807) is 0 Å². The van der Waals surface area contributed by atoms with Gasteiger partial charge in [-0.2, -0.15) is 0 Å². The molecule has 2 aliphatic rings. The molecule has 0 fully saturated rings. The van der Waals surface area contributed by atoms with Crippen molar-refractivity contribution in [3.05, 3.63) is 326 Å². The third kappa shape index (κ3) is 10.4. The highest BCUT2D eigenvalue weighted by Crippen LogP contribution is 2.54. The van der Waals surface area contributed by atoms with Crippen molar-refractivity contribution >= 4 is 101 Å². The van der Waals surface area contributed by atoms with Crippen LogP contribution in [0.1, 0.15) is 85.9 Å². The van der Waals surface area contributed by atoms with Crippen molar-refractivity contribution < 1.29 is 11.3 Å². The highest BCUT2D eigenvalue weighted by atomic mass is 16.3. The summed E-state index contributed by atoms with van der Waals surface area (Å²) in [7, 11) is 0. The number of furan rings is 1. The molecule has 0 saturated carbocycles. The smallest absolute Gasteiger partial charge is 0.252 e. The van der Waals surface area contributed by atoms with Crippen molar-refractivity contribution in [3.8, 4) is 72.4 Å². The zero-order chi connectivity index (χ0) is 73.0. The zero-order valence-corrected chi connectivity index (χ0v) is 58.4. The molecule has 4 nitrogen and oxygen atoms in total. The van der Waals surface area contributed by atoms with Gasteiger partial charge >= 0.3 is 0 Å². The summed E-state index contributed by atoms with van der Waals surface area (Å²) < 4.78 is 55.6. The van der Waals surface area contributed by atoms with Gasteiger partial charge in [-0.15, -0.1) is 0 Å². The summed E-state index contributed by atoms with van der Waals surface area (Å²) in [6, 6.07) is 100. The average molecular weight is 1310 g/mol. The van der Waals surface area contributed by atoms with Gasteiger partial charge in [-0.1, -0.05) is 275 Å². The van der Waals surface area contributed by atoms with Gasteiger partial charge in [0.15, 0.2) is 0 Å². The summed E-state index contributed by atoms with van der Waals surface area (Å²) in [5, 5.41) is 4.40. The number of anilines is 6. The maximum Gasteiger partial charge on any atom is 0.252 e. The van der Waals surface area contributed by atoms with Gasteiger partial charge in [0.2, 0.25) is 0 Å². The van der Waals surface area contributed by atoms with Crippen LogP contribution in [0.15, 0.2) is 314 Å². The van der Waals surface area contributed by atoms with E-state index in [2.05, 4.69) is 344 Å². The number of rotatable bonds is 9. The lowest BCUT2D eigenvalue weighted by molar-refractivity contribution is 0.590. The molecule has 14 aromatic carbocycles. The minimum atomic E-state index is -0.525. The van der Waals surface area contributed by atoms with Crippen molar-refractivity contribution in [2.45, 2.75) is 78.6 Å². The Morgan fingerprint density at radius 3 is 1.43 bits per heavy atom. The molecule has 0 bridgehead atoms. The maximum atomic E-state index is 9.62. The van der Waals surface area contributed by atoms with Gasteiger partial charge in [0.05, 0.1) is 23.6 Å². The molecule has 2 aliphatic heterocycles. The van der Waals surface area contributed by atoms with Crippen molar-refractivity contribution in [2.24, 2.45) is 0 Å². The molecule has 2 aromatic heterocycles. The molecule has 16 aromatic rings. The van der Waals surface area contributed by atoms with Gasteiger partial charge in [0.1, 0.15) is 11.2 Å². The summed E-state index contributed by atoms with van der Waals surface area (Å²) >= 11 is 0. The Bertz CT molecular complexity index is 6060. The molecule has 0 N–H and O–H groups in total. The van der Waals surface area contributed by atoms with Crippen molar-refractivity contribution in [3.63, 3.8) is 0 Å². The van der Waals surface area contributed by atoms with E-state index in [0.29, 0.717) is 5.56 Å². The molecular weight excluding hydrogens is 1220 g/mol. The Morgan fingerprint density at radius 1 is 0.317 bits per heavy atom. The largest absolute Gasteiger partial charge is 0.456 e. The van der Waals surface area contributed by atoms with Gasteiger partial charge in [-0.05, 0) is 202 Å². The highest BCUT2D eigenvalue weighted by Gasteiger charge is 2.46. The second kappa shape index (κ2) is 23.5. The van der Waals surface area contributed by atoms with Gasteiger partial charge in [-0.25, -0.2) is 0 Å². The summed E-state index contributed by atoms with van der Waals surface area (Å²) in [5.41, 5.74) is 27.7. The normalized spacial score (nSPS) is 13.6. The maximum absolute atomic E-state index is 9.62. The quantitative estimate of drug-likeness (QED) is 0.135. The molecule has 0 atom stereocenters. The molecule has 18 rings (SSSR count). The first kappa shape index (κ1) is 56.2. The first-order chi connectivity index (χ1) is 51.0. The monoisotopic (exact) mass is 1300 g/mol. The predicted molar refractivity (Wildman–Crippen MR) is 431 cm³/mol. The number of para-hydroxylation sites is 1. The van der Waals surface area contributed by atoms with Crippen LogP contribution in [0.5, 0.6) is 0 Å². The van der Waals surface area contributed by atoms with Gasteiger partial charge in [0.25, 0.3) is 6.71 Å². The second-order valence-electron chi connectivity index (χ2n) is 30.5. The molecule has 0 unspecified atom stereocenters. The fraction of sp³-hybridized carbons (Fsp3) is 0.125. The summed E-state index contributed by atoms with van der Waals surface area (Å²) in [5.74, 6) is 0. The van der Waals surface area contributed by atoms with Gasteiger partial charge in [-0.3, -0.25) is 0 Å². The number of aromatic nitrogens is 1. The molecule has 0 aliphatic carbocycles. The summed E-state index contributed by atoms with van der Waals surface area (Å²) in [4.78, 5) is 5.04. The van der Waals surface area contributed by atoms with E-state index in [-0.39, 0.29) is 46.0 Å². The van der Waals surface area contributed by atoms with E-state index >= 15 is 0 Å². The Hall–Kier alpha value is -11.7. The number of hydrogen-bond acceptors (Lipinski definition) is 3. The van der Waals surface area contributed by atoms with E-state index in [0.717, 1.165) is 145 Å². The van der Waals surface area contributed by atoms with E-state index in [9.17, 15) is 2.74 Å². The number of nitrogens with zero attached hydrogens (tertiary/aromatic N) is 3. The molecular formula is C96H78BN3O. The van der Waals surface area contributed by atoms with Crippen LogP contribution in [0.4, 0.5) is 34.1 Å². The SMILES string of the molecule is [2H]c1c([2H])c([2H])c(-c2ccc3c(c2)B2c4ccc(-n5c6ccc(C(C)(C)C)cc6c6cc(C(C)(C)C)ccc65)cc4N(c4c(-c5ccccc5)cc(C(C)(C)C)cc4-c4ccccc4)c4cc(-c5cccc6oc7ccccc7c56)cc(c42)N3c2cc(-c3ccccc3)cc(-c3ccccc3)c2)c([2H])c1[2H]. The molecule has 0 spiro atoms.